The monoisotopic (exact) mass is 331 g/mol. The van der Waals surface area contributed by atoms with Crippen molar-refractivity contribution in [2.24, 2.45) is 0 Å². The number of halogens is 1. The molecule has 4 heteroatoms. The Bertz CT molecular complexity index is 661. The number of hydrogen-bond donors (Lipinski definition) is 1. The third kappa shape index (κ3) is 4.73. The van der Waals surface area contributed by atoms with E-state index >= 15 is 0 Å². The normalized spacial score (nSPS) is 11.4. The van der Waals surface area contributed by atoms with Gasteiger partial charge in [0.2, 0.25) is 0 Å². The molecule has 0 radical (unpaired) electrons. The molecule has 0 fully saturated rings. The van der Waals surface area contributed by atoms with Crippen molar-refractivity contribution in [1.82, 2.24) is 0 Å². The summed E-state index contributed by atoms with van der Waals surface area (Å²) in [4.78, 5) is 12.5. The molecular formula is C19H22ClNO2. The summed E-state index contributed by atoms with van der Waals surface area (Å²) in [5.41, 5.74) is 0.997. The van der Waals surface area contributed by atoms with Gasteiger partial charge in [-0.1, -0.05) is 37.6 Å². The van der Waals surface area contributed by atoms with E-state index in [1.165, 1.54) is 5.56 Å². The van der Waals surface area contributed by atoms with Crippen molar-refractivity contribution >= 4 is 23.2 Å². The van der Waals surface area contributed by atoms with E-state index in [9.17, 15) is 4.79 Å². The Morgan fingerprint density at radius 3 is 2.13 bits per heavy atom. The van der Waals surface area contributed by atoms with Crippen molar-refractivity contribution in [2.75, 3.05) is 5.32 Å². The van der Waals surface area contributed by atoms with E-state index in [-0.39, 0.29) is 5.91 Å². The van der Waals surface area contributed by atoms with E-state index in [4.69, 9.17) is 16.3 Å². The van der Waals surface area contributed by atoms with Gasteiger partial charge in [0, 0.05) is 10.7 Å². The largest absolute Gasteiger partial charge is 0.478 e. The lowest BCUT2D eigenvalue weighted by Gasteiger charge is -2.25. The number of benzene rings is 2. The molecular weight excluding hydrogens is 310 g/mol. The molecule has 1 N–H and O–H groups in total. The summed E-state index contributed by atoms with van der Waals surface area (Å²) in [5.74, 6) is 0.860. The highest BCUT2D eigenvalue weighted by Crippen LogP contribution is 2.23. The number of carbonyl (C=O) groups is 1. The summed E-state index contributed by atoms with van der Waals surface area (Å²) in [6.07, 6.45) is 0. The van der Waals surface area contributed by atoms with Crippen molar-refractivity contribution in [3.63, 3.8) is 0 Å². The molecule has 0 saturated carbocycles. The van der Waals surface area contributed by atoms with Gasteiger partial charge >= 0.3 is 0 Å². The van der Waals surface area contributed by atoms with Crippen LogP contribution in [0.5, 0.6) is 5.75 Å². The zero-order valence-corrected chi connectivity index (χ0v) is 14.6. The fourth-order valence-electron chi connectivity index (χ4n) is 2.08. The first kappa shape index (κ1) is 17.4. The molecule has 2 rings (SSSR count). The van der Waals surface area contributed by atoms with E-state index in [1.807, 2.05) is 24.3 Å². The second-order valence-electron chi connectivity index (χ2n) is 6.30. The van der Waals surface area contributed by atoms with Crippen LogP contribution in [0.2, 0.25) is 5.02 Å². The number of nitrogens with one attached hydrogen (secondary N) is 1. The highest BCUT2D eigenvalue weighted by molar-refractivity contribution is 6.30. The number of carbonyl (C=O) groups excluding carboxylic acids is 1. The maximum atomic E-state index is 12.5. The summed E-state index contributed by atoms with van der Waals surface area (Å²) in [6.45, 7) is 7.74. The van der Waals surface area contributed by atoms with Crippen LogP contribution in [0.3, 0.4) is 0 Å². The topological polar surface area (TPSA) is 38.3 Å². The quantitative estimate of drug-likeness (QED) is 0.811. The van der Waals surface area contributed by atoms with Crippen LogP contribution < -0.4 is 10.1 Å². The Balaban J connectivity index is 2.04. The maximum absolute atomic E-state index is 12.5. The Morgan fingerprint density at radius 2 is 1.61 bits per heavy atom. The lowest BCUT2D eigenvalue weighted by molar-refractivity contribution is -0.128. The van der Waals surface area contributed by atoms with Crippen LogP contribution in [0.4, 0.5) is 5.69 Å². The van der Waals surface area contributed by atoms with Gasteiger partial charge < -0.3 is 10.1 Å². The predicted octanol–water partition coefficient (Wildman–Crippen LogP) is 5.26. The zero-order chi connectivity index (χ0) is 17.0. The van der Waals surface area contributed by atoms with Crippen molar-refractivity contribution < 1.29 is 9.53 Å². The molecule has 0 aliphatic carbocycles. The van der Waals surface area contributed by atoms with E-state index in [1.54, 1.807) is 38.1 Å². The molecule has 0 atom stereocenters. The average Bonchev–Trinajstić information content (AvgIpc) is 2.50. The fourth-order valence-corrected chi connectivity index (χ4v) is 2.20. The molecule has 2 aromatic carbocycles. The summed E-state index contributed by atoms with van der Waals surface area (Å²) >= 11 is 5.85. The Morgan fingerprint density at radius 1 is 1.04 bits per heavy atom. The van der Waals surface area contributed by atoms with Gasteiger partial charge in [-0.25, -0.2) is 0 Å². The molecule has 23 heavy (non-hydrogen) atoms. The lowest BCUT2D eigenvalue weighted by Crippen LogP contribution is -2.42. The Labute approximate surface area is 142 Å². The summed E-state index contributed by atoms with van der Waals surface area (Å²) < 4.78 is 5.78. The molecule has 122 valence electrons. The molecule has 0 aliphatic rings. The minimum Gasteiger partial charge on any atom is -0.478 e. The summed E-state index contributed by atoms with van der Waals surface area (Å²) in [7, 11) is 0. The van der Waals surface area contributed by atoms with Crippen LogP contribution in [0.25, 0.3) is 0 Å². The van der Waals surface area contributed by atoms with Gasteiger partial charge in [0.15, 0.2) is 5.60 Å². The van der Waals surface area contributed by atoms with E-state index in [0.717, 1.165) is 5.69 Å². The van der Waals surface area contributed by atoms with Crippen molar-refractivity contribution in [2.45, 2.75) is 39.2 Å². The van der Waals surface area contributed by atoms with Crippen LogP contribution in [-0.2, 0) is 4.79 Å². The van der Waals surface area contributed by atoms with Gasteiger partial charge in [0.05, 0.1) is 0 Å². The van der Waals surface area contributed by atoms with E-state index in [0.29, 0.717) is 16.7 Å². The molecule has 1 amide bonds. The summed E-state index contributed by atoms with van der Waals surface area (Å²) in [5, 5.41) is 3.52. The minimum atomic E-state index is -0.995. The first-order valence-corrected chi connectivity index (χ1v) is 8.02. The van der Waals surface area contributed by atoms with Crippen LogP contribution in [0.1, 0.15) is 39.2 Å². The third-order valence-electron chi connectivity index (χ3n) is 3.57. The first-order chi connectivity index (χ1) is 10.8. The van der Waals surface area contributed by atoms with Crippen molar-refractivity contribution in [1.29, 1.82) is 0 Å². The predicted molar refractivity (Wildman–Crippen MR) is 95.3 cm³/mol. The second-order valence-corrected chi connectivity index (χ2v) is 6.73. The highest BCUT2D eigenvalue weighted by atomic mass is 35.5. The van der Waals surface area contributed by atoms with Gasteiger partial charge in [-0.15, -0.1) is 0 Å². The van der Waals surface area contributed by atoms with Gasteiger partial charge in [-0.2, -0.15) is 0 Å². The Kier molecular flexibility index (Phi) is 5.32. The molecule has 2 aromatic rings. The smallest absolute Gasteiger partial charge is 0.267 e. The van der Waals surface area contributed by atoms with E-state index < -0.39 is 5.60 Å². The molecule has 0 heterocycles. The molecule has 0 bridgehead atoms. The molecule has 0 unspecified atom stereocenters. The SMILES string of the molecule is CC(C)c1ccc(NC(=O)C(C)(C)Oc2ccc(Cl)cc2)cc1. The molecule has 0 aliphatic heterocycles. The van der Waals surface area contributed by atoms with Crippen LogP contribution in [0.15, 0.2) is 48.5 Å². The van der Waals surface area contributed by atoms with Gasteiger partial charge in [0.1, 0.15) is 5.75 Å². The lowest BCUT2D eigenvalue weighted by atomic mass is 10.0. The second kappa shape index (κ2) is 7.05. The number of hydrogen-bond acceptors (Lipinski definition) is 2. The van der Waals surface area contributed by atoms with Crippen LogP contribution >= 0.6 is 11.6 Å². The van der Waals surface area contributed by atoms with Crippen LogP contribution in [-0.4, -0.2) is 11.5 Å². The van der Waals surface area contributed by atoms with Crippen molar-refractivity contribution in [3.8, 4) is 5.75 Å². The van der Waals surface area contributed by atoms with Gasteiger partial charge in [0.25, 0.3) is 5.91 Å². The van der Waals surface area contributed by atoms with Gasteiger partial charge in [-0.3, -0.25) is 4.79 Å². The summed E-state index contributed by atoms with van der Waals surface area (Å²) in [6, 6.07) is 14.8. The molecule has 3 nitrogen and oxygen atoms in total. The standard InChI is InChI=1S/C19H22ClNO2/c1-13(2)14-5-9-16(10-6-14)21-18(22)19(3,4)23-17-11-7-15(20)8-12-17/h5-13H,1-4H3,(H,21,22). The number of anilines is 1. The Hall–Kier alpha value is -2.00. The fraction of sp³-hybridized carbons (Fsp3) is 0.316. The number of ether oxygens (including phenoxy) is 1. The molecule has 0 saturated heterocycles. The molecule has 0 aromatic heterocycles. The van der Waals surface area contributed by atoms with Crippen molar-refractivity contribution in [3.05, 3.63) is 59.1 Å². The number of rotatable bonds is 5. The van der Waals surface area contributed by atoms with Crippen LogP contribution in [0, 0.1) is 0 Å². The minimum absolute atomic E-state index is 0.204. The maximum Gasteiger partial charge on any atom is 0.267 e. The number of amides is 1. The zero-order valence-electron chi connectivity index (χ0n) is 13.9. The third-order valence-corrected chi connectivity index (χ3v) is 3.82. The van der Waals surface area contributed by atoms with E-state index in [2.05, 4.69) is 19.2 Å². The highest BCUT2D eigenvalue weighted by Gasteiger charge is 2.30. The molecule has 0 spiro atoms. The van der Waals surface area contributed by atoms with Gasteiger partial charge in [-0.05, 0) is 61.7 Å². The first-order valence-electron chi connectivity index (χ1n) is 7.64. The average molecular weight is 332 g/mol.